The van der Waals surface area contributed by atoms with E-state index in [4.69, 9.17) is 9.47 Å². The van der Waals surface area contributed by atoms with Crippen LogP contribution in [0.25, 0.3) is 0 Å². The highest BCUT2D eigenvalue weighted by Crippen LogP contribution is 2.27. The highest BCUT2D eigenvalue weighted by molar-refractivity contribution is 5.74. The monoisotopic (exact) mass is 375 g/mol. The molecule has 7 nitrogen and oxygen atoms in total. The van der Waals surface area contributed by atoms with Crippen molar-refractivity contribution in [1.29, 1.82) is 0 Å². The van der Waals surface area contributed by atoms with Crippen LogP contribution >= 0.6 is 0 Å². The van der Waals surface area contributed by atoms with Crippen molar-refractivity contribution in [3.8, 4) is 5.75 Å². The van der Waals surface area contributed by atoms with Gasteiger partial charge in [0.1, 0.15) is 11.9 Å². The summed E-state index contributed by atoms with van der Waals surface area (Å²) < 4.78 is 11.3. The van der Waals surface area contributed by atoms with Crippen LogP contribution in [-0.4, -0.2) is 67.4 Å². The number of ether oxygens (including phenoxy) is 2. The molecule has 27 heavy (non-hydrogen) atoms. The van der Waals surface area contributed by atoms with Gasteiger partial charge in [0.05, 0.1) is 13.2 Å². The molecule has 0 aliphatic carbocycles. The summed E-state index contributed by atoms with van der Waals surface area (Å²) in [6.45, 7) is 5.35. The lowest BCUT2D eigenvalue weighted by Gasteiger charge is -2.32. The van der Waals surface area contributed by atoms with E-state index in [0.717, 1.165) is 44.5 Å². The van der Waals surface area contributed by atoms with Crippen molar-refractivity contribution in [2.45, 2.75) is 38.7 Å². The molecule has 0 radical (unpaired) electrons. The molecular weight excluding hydrogens is 346 g/mol. The molecule has 148 valence electrons. The van der Waals surface area contributed by atoms with Gasteiger partial charge in [-0.3, -0.25) is 0 Å². The molecule has 3 amide bonds. The molecule has 2 aliphatic heterocycles. The standard InChI is InChI=1S/C20H29N3O4/c1-2-26-20(25)23(14-6-13-22-12-5-11-21-19(22)24)15-17-10-9-16-7-3-4-8-18(16)27-17/h3-4,7-8,17H,2,5-6,9-15H2,1H3,(H,21,24)/t17-/m1/s1. The van der Waals surface area contributed by atoms with Crippen molar-refractivity contribution in [3.63, 3.8) is 0 Å². The smallest absolute Gasteiger partial charge is 0.409 e. The van der Waals surface area contributed by atoms with E-state index in [1.54, 1.807) is 9.80 Å². The lowest BCUT2D eigenvalue weighted by Crippen LogP contribution is -2.47. The van der Waals surface area contributed by atoms with Crippen molar-refractivity contribution in [1.82, 2.24) is 15.1 Å². The molecule has 1 saturated heterocycles. The molecule has 0 aromatic heterocycles. The minimum absolute atomic E-state index is 0.0174. The molecule has 2 aliphatic rings. The summed E-state index contributed by atoms with van der Waals surface area (Å²) in [6.07, 6.45) is 3.15. The fourth-order valence-corrected chi connectivity index (χ4v) is 3.57. The first-order chi connectivity index (χ1) is 13.2. The van der Waals surface area contributed by atoms with Gasteiger partial charge in [-0.05, 0) is 44.2 Å². The number of carbonyl (C=O) groups excluding carboxylic acids is 2. The van der Waals surface area contributed by atoms with Crippen LogP contribution in [0.4, 0.5) is 9.59 Å². The van der Waals surface area contributed by atoms with Crippen LogP contribution in [0, 0.1) is 0 Å². The Bertz CT molecular complexity index is 652. The first-order valence-electron chi connectivity index (χ1n) is 9.86. The van der Waals surface area contributed by atoms with Gasteiger partial charge >= 0.3 is 12.1 Å². The zero-order chi connectivity index (χ0) is 19.1. The minimum Gasteiger partial charge on any atom is -0.488 e. The van der Waals surface area contributed by atoms with E-state index in [2.05, 4.69) is 11.4 Å². The van der Waals surface area contributed by atoms with Crippen LogP contribution < -0.4 is 10.1 Å². The van der Waals surface area contributed by atoms with Crippen molar-refractivity contribution in [2.75, 3.05) is 39.3 Å². The molecule has 2 heterocycles. The van der Waals surface area contributed by atoms with Gasteiger partial charge in [-0.25, -0.2) is 9.59 Å². The van der Waals surface area contributed by atoms with Gasteiger partial charge in [-0.2, -0.15) is 0 Å². The summed E-state index contributed by atoms with van der Waals surface area (Å²) in [5.41, 5.74) is 1.22. The maximum absolute atomic E-state index is 12.4. The molecule has 1 atom stereocenters. The van der Waals surface area contributed by atoms with Crippen molar-refractivity contribution in [3.05, 3.63) is 29.8 Å². The summed E-state index contributed by atoms with van der Waals surface area (Å²) >= 11 is 0. The molecule has 0 saturated carbocycles. The lowest BCUT2D eigenvalue weighted by molar-refractivity contribution is 0.0754. The average molecular weight is 375 g/mol. The van der Waals surface area contributed by atoms with E-state index in [9.17, 15) is 9.59 Å². The second-order valence-corrected chi connectivity index (χ2v) is 6.96. The summed E-state index contributed by atoms with van der Waals surface area (Å²) in [6, 6.07) is 8.03. The third-order valence-corrected chi connectivity index (χ3v) is 4.98. The second-order valence-electron chi connectivity index (χ2n) is 6.96. The molecule has 1 aromatic carbocycles. The fourth-order valence-electron chi connectivity index (χ4n) is 3.57. The van der Waals surface area contributed by atoms with Crippen LogP contribution in [-0.2, 0) is 11.2 Å². The number of hydrogen-bond acceptors (Lipinski definition) is 4. The second kappa shape index (κ2) is 9.48. The van der Waals surface area contributed by atoms with E-state index in [-0.39, 0.29) is 18.2 Å². The third kappa shape index (κ3) is 5.28. The van der Waals surface area contributed by atoms with Gasteiger partial charge in [0.15, 0.2) is 0 Å². The first kappa shape index (κ1) is 19.3. The number of carbonyl (C=O) groups is 2. The van der Waals surface area contributed by atoms with E-state index in [1.807, 2.05) is 25.1 Å². The number of aryl methyl sites for hydroxylation is 1. The first-order valence-corrected chi connectivity index (χ1v) is 9.86. The number of urea groups is 1. The van der Waals surface area contributed by atoms with Crippen LogP contribution in [0.3, 0.4) is 0 Å². The van der Waals surface area contributed by atoms with Crippen LogP contribution in [0.2, 0.25) is 0 Å². The number of nitrogens with zero attached hydrogens (tertiary/aromatic N) is 2. The quantitative estimate of drug-likeness (QED) is 0.795. The Morgan fingerprint density at radius 3 is 3.07 bits per heavy atom. The van der Waals surface area contributed by atoms with Crippen molar-refractivity contribution in [2.24, 2.45) is 0 Å². The molecule has 1 fully saturated rings. The Labute approximate surface area is 160 Å². The topological polar surface area (TPSA) is 71.1 Å². The molecule has 7 heteroatoms. The normalized spacial score (nSPS) is 18.9. The predicted molar refractivity (Wildman–Crippen MR) is 102 cm³/mol. The molecule has 3 rings (SSSR count). The van der Waals surface area contributed by atoms with Gasteiger partial charge in [0, 0.05) is 26.2 Å². The molecular formula is C20H29N3O4. The van der Waals surface area contributed by atoms with E-state index in [0.29, 0.717) is 26.2 Å². The number of benzene rings is 1. The fraction of sp³-hybridized carbons (Fsp3) is 0.600. The highest BCUT2D eigenvalue weighted by Gasteiger charge is 2.25. The van der Waals surface area contributed by atoms with Crippen molar-refractivity contribution >= 4 is 12.1 Å². The molecule has 1 aromatic rings. The zero-order valence-electron chi connectivity index (χ0n) is 16.0. The third-order valence-electron chi connectivity index (χ3n) is 4.98. The average Bonchev–Trinajstić information content (AvgIpc) is 2.68. The van der Waals surface area contributed by atoms with Gasteiger partial charge in [-0.15, -0.1) is 0 Å². The summed E-state index contributed by atoms with van der Waals surface area (Å²) in [7, 11) is 0. The highest BCUT2D eigenvalue weighted by atomic mass is 16.6. The number of rotatable bonds is 7. The molecule has 0 bridgehead atoms. The zero-order valence-corrected chi connectivity index (χ0v) is 16.0. The predicted octanol–water partition coefficient (Wildman–Crippen LogP) is 2.64. The van der Waals surface area contributed by atoms with Crippen molar-refractivity contribution < 1.29 is 19.1 Å². The van der Waals surface area contributed by atoms with Gasteiger partial charge in [-0.1, -0.05) is 18.2 Å². The Hall–Kier alpha value is -2.44. The van der Waals surface area contributed by atoms with Crippen LogP contribution in [0.1, 0.15) is 31.7 Å². The summed E-state index contributed by atoms with van der Waals surface area (Å²) in [5.74, 6) is 0.905. The maximum atomic E-state index is 12.4. The Morgan fingerprint density at radius 2 is 2.26 bits per heavy atom. The number of amides is 3. The maximum Gasteiger partial charge on any atom is 0.409 e. The van der Waals surface area contributed by atoms with Gasteiger partial charge in [0.25, 0.3) is 0 Å². The number of fused-ring (bicyclic) bond motifs is 1. The number of hydrogen-bond donors (Lipinski definition) is 1. The van der Waals surface area contributed by atoms with E-state index in [1.165, 1.54) is 5.56 Å². The number of para-hydroxylation sites is 1. The summed E-state index contributed by atoms with van der Waals surface area (Å²) in [4.78, 5) is 27.7. The summed E-state index contributed by atoms with van der Waals surface area (Å²) in [5, 5.41) is 2.85. The molecule has 1 N–H and O–H groups in total. The van der Waals surface area contributed by atoms with Gasteiger partial charge < -0.3 is 24.6 Å². The van der Waals surface area contributed by atoms with E-state index >= 15 is 0 Å². The minimum atomic E-state index is -0.317. The Kier molecular flexibility index (Phi) is 6.79. The van der Waals surface area contributed by atoms with Crippen LogP contribution in [0.15, 0.2) is 24.3 Å². The van der Waals surface area contributed by atoms with Crippen LogP contribution in [0.5, 0.6) is 5.75 Å². The molecule has 0 spiro atoms. The number of nitrogens with one attached hydrogen (secondary N) is 1. The lowest BCUT2D eigenvalue weighted by atomic mass is 10.0. The Balaban J connectivity index is 1.53. The SMILES string of the molecule is CCOC(=O)N(CCCN1CCCNC1=O)C[C@H]1CCc2ccccc2O1. The Morgan fingerprint density at radius 1 is 1.41 bits per heavy atom. The van der Waals surface area contributed by atoms with E-state index < -0.39 is 0 Å². The molecule has 0 unspecified atom stereocenters. The van der Waals surface area contributed by atoms with Gasteiger partial charge in [0.2, 0.25) is 0 Å². The largest absolute Gasteiger partial charge is 0.488 e.